The number of hydrogen-bond donors (Lipinski definition) is 2. The molecule has 2 aliphatic heterocycles. The second kappa shape index (κ2) is 8.62. The lowest BCUT2D eigenvalue weighted by Crippen LogP contribution is -2.48. The van der Waals surface area contributed by atoms with E-state index in [4.69, 9.17) is 4.74 Å². The average Bonchev–Trinajstić information content (AvgIpc) is 3.50. The van der Waals surface area contributed by atoms with E-state index < -0.39 is 17.6 Å². The van der Waals surface area contributed by atoms with E-state index in [2.05, 4.69) is 22.1 Å². The highest BCUT2D eigenvalue weighted by atomic mass is 32.1. The molecule has 4 aliphatic rings. The predicted octanol–water partition coefficient (Wildman–Crippen LogP) is 3.37. The molecule has 2 N–H and O–H groups in total. The van der Waals surface area contributed by atoms with Gasteiger partial charge in [0.05, 0.1) is 6.54 Å². The van der Waals surface area contributed by atoms with Crippen molar-refractivity contribution in [3.8, 4) is 0 Å². The monoisotopic (exact) mass is 508 g/mol. The van der Waals surface area contributed by atoms with Gasteiger partial charge in [0.1, 0.15) is 6.54 Å². The minimum Gasteiger partial charge on any atom is -0.427 e. The Balaban J connectivity index is 1.22. The predicted molar refractivity (Wildman–Crippen MR) is 132 cm³/mol. The van der Waals surface area contributed by atoms with Gasteiger partial charge >= 0.3 is 12.1 Å². The van der Waals surface area contributed by atoms with Crippen molar-refractivity contribution >= 4 is 41.0 Å². The number of hydrogen-bond acceptors (Lipinski definition) is 6. The molecule has 188 valence electrons. The summed E-state index contributed by atoms with van der Waals surface area (Å²) in [5.74, 6) is -0.199. The SMILES string of the molecule is CNC(=O)Nc1ccc2c(c1)CC[C@]21OC(=O)N(CC(=O)N2Cc3sccc3CCC2C2CC2)C1=O. The fraction of sp³-hybridized carbons (Fsp3) is 0.462. The molecule has 6 rings (SSSR count). The van der Waals surface area contributed by atoms with E-state index in [9.17, 15) is 19.2 Å². The smallest absolute Gasteiger partial charge is 0.418 e. The fourth-order valence-corrected chi connectivity index (χ4v) is 6.79. The van der Waals surface area contributed by atoms with Crippen LogP contribution in [0.1, 0.15) is 47.3 Å². The van der Waals surface area contributed by atoms with Gasteiger partial charge in [0.2, 0.25) is 11.5 Å². The zero-order valence-corrected chi connectivity index (χ0v) is 20.9. The molecule has 9 nitrogen and oxygen atoms in total. The normalized spacial score (nSPS) is 24.9. The second-order valence-corrected chi connectivity index (χ2v) is 11.0. The van der Waals surface area contributed by atoms with Gasteiger partial charge in [0.15, 0.2) is 0 Å². The number of ether oxygens (including phenoxy) is 1. The highest BCUT2D eigenvalue weighted by Crippen LogP contribution is 2.46. The first-order valence-corrected chi connectivity index (χ1v) is 13.3. The third kappa shape index (κ3) is 3.75. The van der Waals surface area contributed by atoms with Gasteiger partial charge in [-0.2, -0.15) is 0 Å². The number of carbonyl (C=O) groups is 4. The van der Waals surface area contributed by atoms with E-state index in [-0.39, 0.29) is 24.5 Å². The van der Waals surface area contributed by atoms with Crippen LogP contribution in [0.5, 0.6) is 0 Å². The zero-order valence-electron chi connectivity index (χ0n) is 20.0. The number of rotatable bonds is 4. The van der Waals surface area contributed by atoms with E-state index in [1.165, 1.54) is 17.5 Å². The number of imide groups is 1. The number of benzene rings is 1. The Hall–Kier alpha value is -3.40. The first kappa shape index (κ1) is 23.0. The number of nitrogens with zero attached hydrogens (tertiary/aromatic N) is 2. The number of fused-ring (bicyclic) bond motifs is 3. The largest absolute Gasteiger partial charge is 0.427 e. The molecule has 2 aromatic rings. The lowest BCUT2D eigenvalue weighted by Gasteiger charge is -2.31. The van der Waals surface area contributed by atoms with Crippen molar-refractivity contribution in [1.29, 1.82) is 0 Å². The van der Waals surface area contributed by atoms with E-state index in [0.717, 1.165) is 36.1 Å². The molecule has 10 heteroatoms. The molecule has 1 unspecified atom stereocenters. The van der Waals surface area contributed by atoms with Gasteiger partial charge in [-0.3, -0.25) is 9.59 Å². The lowest BCUT2D eigenvalue weighted by molar-refractivity contribution is -0.143. The summed E-state index contributed by atoms with van der Waals surface area (Å²) >= 11 is 1.66. The average molecular weight is 509 g/mol. The van der Waals surface area contributed by atoms with Crippen molar-refractivity contribution in [3.05, 3.63) is 51.2 Å². The molecule has 2 aliphatic carbocycles. The number of carbonyl (C=O) groups excluding carboxylic acids is 4. The Kier molecular flexibility index (Phi) is 5.51. The number of aryl methyl sites for hydroxylation is 2. The standard InChI is InChI=1S/C26H28N4O5S/c1-27-24(33)28-18-5-6-19-17(12-18)8-10-26(19)23(32)30(25(34)35-26)14-22(31)29-13-21-16(9-11-36-21)4-7-20(29)15-2-3-15/h5-6,9,11-12,15,20H,2-4,7-8,10,13-14H2,1H3,(H2,27,28,33)/t20?,26-/m0/s1. The molecule has 0 radical (unpaired) electrons. The Bertz CT molecular complexity index is 1270. The van der Waals surface area contributed by atoms with Crippen molar-refractivity contribution in [2.75, 3.05) is 18.9 Å². The molecule has 1 aromatic heterocycles. The van der Waals surface area contributed by atoms with Crippen molar-refractivity contribution in [3.63, 3.8) is 0 Å². The summed E-state index contributed by atoms with van der Waals surface area (Å²) in [5, 5.41) is 7.28. The van der Waals surface area contributed by atoms with Crippen LogP contribution >= 0.6 is 11.3 Å². The lowest BCUT2D eigenvalue weighted by atomic mass is 9.94. The van der Waals surface area contributed by atoms with Crippen LogP contribution in [-0.2, 0) is 39.3 Å². The molecule has 3 heterocycles. The molecule has 2 fully saturated rings. The van der Waals surface area contributed by atoms with Gasteiger partial charge in [-0.1, -0.05) is 6.07 Å². The Morgan fingerprint density at radius 3 is 2.75 bits per heavy atom. The molecule has 5 amide bonds. The van der Waals surface area contributed by atoms with Crippen molar-refractivity contribution < 1.29 is 23.9 Å². The van der Waals surface area contributed by atoms with Crippen LogP contribution in [-0.4, -0.2) is 53.4 Å². The molecule has 1 saturated carbocycles. The van der Waals surface area contributed by atoms with Gasteiger partial charge in [-0.25, -0.2) is 14.5 Å². The maximum Gasteiger partial charge on any atom is 0.418 e. The van der Waals surface area contributed by atoms with E-state index in [0.29, 0.717) is 36.6 Å². The minimum absolute atomic E-state index is 0.137. The third-order valence-electron chi connectivity index (χ3n) is 7.89. The maximum atomic E-state index is 13.6. The Labute approximate surface area is 212 Å². The second-order valence-electron chi connectivity index (χ2n) is 10.00. The first-order chi connectivity index (χ1) is 17.4. The summed E-state index contributed by atoms with van der Waals surface area (Å²) in [6.07, 6.45) is 4.15. The van der Waals surface area contributed by atoms with Gasteiger partial charge in [0, 0.05) is 35.6 Å². The van der Waals surface area contributed by atoms with E-state index in [1.54, 1.807) is 29.5 Å². The number of thiophene rings is 1. The maximum absolute atomic E-state index is 13.6. The van der Waals surface area contributed by atoms with Crippen LogP contribution < -0.4 is 10.6 Å². The van der Waals surface area contributed by atoms with Gasteiger partial charge in [-0.15, -0.1) is 11.3 Å². The highest BCUT2D eigenvalue weighted by molar-refractivity contribution is 7.10. The number of nitrogens with one attached hydrogen (secondary N) is 2. The molecular weight excluding hydrogens is 480 g/mol. The molecule has 2 atom stereocenters. The van der Waals surface area contributed by atoms with Crippen LogP contribution in [0.3, 0.4) is 0 Å². The summed E-state index contributed by atoms with van der Waals surface area (Å²) in [4.78, 5) is 55.8. The van der Waals surface area contributed by atoms with Crippen LogP contribution in [0.4, 0.5) is 15.3 Å². The minimum atomic E-state index is -1.41. The van der Waals surface area contributed by atoms with Crippen LogP contribution in [0.25, 0.3) is 0 Å². The summed E-state index contributed by atoms with van der Waals surface area (Å²) in [7, 11) is 1.53. The third-order valence-corrected chi connectivity index (χ3v) is 8.83. The number of anilines is 1. The Morgan fingerprint density at radius 1 is 1.14 bits per heavy atom. The Morgan fingerprint density at radius 2 is 1.97 bits per heavy atom. The van der Waals surface area contributed by atoms with Gasteiger partial charge in [-0.05, 0) is 72.7 Å². The topological polar surface area (TPSA) is 108 Å². The van der Waals surface area contributed by atoms with Crippen LogP contribution in [0.15, 0.2) is 29.6 Å². The molecule has 36 heavy (non-hydrogen) atoms. The molecule has 1 aromatic carbocycles. The van der Waals surface area contributed by atoms with E-state index in [1.807, 2.05) is 4.90 Å². The van der Waals surface area contributed by atoms with Gasteiger partial charge < -0.3 is 20.3 Å². The molecular formula is C26H28N4O5S. The van der Waals surface area contributed by atoms with Crippen LogP contribution in [0, 0.1) is 5.92 Å². The van der Waals surface area contributed by atoms with Crippen LogP contribution in [0.2, 0.25) is 0 Å². The highest BCUT2D eigenvalue weighted by Gasteiger charge is 2.58. The first-order valence-electron chi connectivity index (χ1n) is 12.4. The zero-order chi connectivity index (χ0) is 25.0. The summed E-state index contributed by atoms with van der Waals surface area (Å²) in [6.45, 7) is 0.216. The number of amides is 5. The molecule has 1 saturated heterocycles. The molecule has 1 spiro atoms. The fourth-order valence-electron chi connectivity index (χ4n) is 5.85. The summed E-state index contributed by atoms with van der Waals surface area (Å²) < 4.78 is 5.72. The molecule has 0 bridgehead atoms. The number of urea groups is 1. The summed E-state index contributed by atoms with van der Waals surface area (Å²) in [5.41, 5.74) is 1.93. The van der Waals surface area contributed by atoms with Crippen molar-refractivity contribution in [2.24, 2.45) is 5.92 Å². The summed E-state index contributed by atoms with van der Waals surface area (Å²) in [6, 6.07) is 7.13. The van der Waals surface area contributed by atoms with Gasteiger partial charge in [0.25, 0.3) is 5.91 Å². The quantitative estimate of drug-likeness (QED) is 0.658. The van der Waals surface area contributed by atoms with E-state index >= 15 is 0 Å². The van der Waals surface area contributed by atoms with Crippen molar-refractivity contribution in [1.82, 2.24) is 15.1 Å². The van der Waals surface area contributed by atoms with Crippen molar-refractivity contribution in [2.45, 2.75) is 56.7 Å².